The highest BCUT2D eigenvalue weighted by Crippen LogP contribution is 2.24. The second-order valence-electron chi connectivity index (χ2n) is 5.28. The molecule has 0 aliphatic heterocycles. The van der Waals surface area contributed by atoms with Crippen molar-refractivity contribution in [3.63, 3.8) is 0 Å². The van der Waals surface area contributed by atoms with E-state index in [0.717, 1.165) is 5.56 Å². The van der Waals surface area contributed by atoms with E-state index in [1.807, 2.05) is 13.0 Å². The van der Waals surface area contributed by atoms with E-state index >= 15 is 0 Å². The average molecular weight is 399 g/mol. The lowest BCUT2D eigenvalue weighted by Crippen LogP contribution is -2.14. The molecule has 0 fully saturated rings. The van der Waals surface area contributed by atoms with Crippen LogP contribution in [0.2, 0.25) is 15.1 Å². The number of halogens is 3. The first kappa shape index (κ1) is 17.8. The van der Waals surface area contributed by atoms with Gasteiger partial charge in [0, 0.05) is 18.9 Å². The van der Waals surface area contributed by atoms with Gasteiger partial charge in [0.15, 0.2) is 11.5 Å². The Morgan fingerprint density at radius 2 is 1.88 bits per heavy atom. The molecule has 0 bridgehead atoms. The number of carbonyl (C=O) groups excluding carboxylic acids is 1. The number of amides is 1. The zero-order valence-electron chi connectivity index (χ0n) is 13.2. The van der Waals surface area contributed by atoms with E-state index in [0.29, 0.717) is 33.9 Å². The van der Waals surface area contributed by atoms with Crippen molar-refractivity contribution in [2.45, 2.75) is 20.0 Å². The van der Waals surface area contributed by atoms with Crippen molar-refractivity contribution in [3.05, 3.63) is 63.0 Å². The van der Waals surface area contributed by atoms with Crippen LogP contribution in [0.5, 0.6) is 0 Å². The first-order valence-corrected chi connectivity index (χ1v) is 8.61. The molecule has 3 rings (SSSR count). The van der Waals surface area contributed by atoms with Crippen molar-refractivity contribution in [2.75, 3.05) is 5.32 Å². The molecule has 1 amide bonds. The van der Waals surface area contributed by atoms with Crippen molar-refractivity contribution in [1.29, 1.82) is 0 Å². The van der Waals surface area contributed by atoms with Gasteiger partial charge < -0.3 is 5.32 Å². The Hall–Kier alpha value is -2.02. The van der Waals surface area contributed by atoms with Crippen LogP contribution in [0.1, 0.15) is 23.0 Å². The number of carbonyl (C=O) groups is 1. The minimum absolute atomic E-state index is 0.276. The van der Waals surface area contributed by atoms with Gasteiger partial charge in [-0.3, -0.25) is 14.2 Å². The standard InChI is InChI=1S/C16H14Cl3N5O/c1-2-23-6-5-14(21-23)16(25)20-15-13(19)9-24(22-15)8-10-3-4-11(17)12(18)7-10/h3-7,9H,2,8H2,1H3,(H,20,22,25). The van der Waals surface area contributed by atoms with Gasteiger partial charge in [-0.25, -0.2) is 0 Å². The van der Waals surface area contributed by atoms with Gasteiger partial charge in [-0.2, -0.15) is 10.2 Å². The van der Waals surface area contributed by atoms with Crippen LogP contribution in [0, 0.1) is 0 Å². The smallest absolute Gasteiger partial charge is 0.277 e. The lowest BCUT2D eigenvalue weighted by atomic mass is 10.2. The maximum atomic E-state index is 12.2. The predicted octanol–water partition coefficient (Wildman–Crippen LogP) is 4.36. The van der Waals surface area contributed by atoms with Crippen LogP contribution in [0.4, 0.5) is 5.82 Å². The van der Waals surface area contributed by atoms with Crippen molar-refractivity contribution in [1.82, 2.24) is 19.6 Å². The molecule has 0 saturated carbocycles. The van der Waals surface area contributed by atoms with Crippen molar-refractivity contribution >= 4 is 46.5 Å². The van der Waals surface area contributed by atoms with Crippen molar-refractivity contribution in [2.24, 2.45) is 0 Å². The van der Waals surface area contributed by atoms with Crippen LogP contribution in [0.3, 0.4) is 0 Å². The van der Waals surface area contributed by atoms with Crippen LogP contribution in [0.25, 0.3) is 0 Å². The van der Waals surface area contributed by atoms with Crippen LogP contribution in [-0.2, 0) is 13.1 Å². The molecule has 9 heteroatoms. The summed E-state index contributed by atoms with van der Waals surface area (Å²) in [6, 6.07) is 6.96. The molecule has 0 spiro atoms. The number of nitrogens with one attached hydrogen (secondary N) is 1. The van der Waals surface area contributed by atoms with E-state index < -0.39 is 0 Å². The van der Waals surface area contributed by atoms with E-state index in [-0.39, 0.29) is 11.7 Å². The highest BCUT2D eigenvalue weighted by molar-refractivity contribution is 6.42. The van der Waals surface area contributed by atoms with Crippen LogP contribution in [-0.4, -0.2) is 25.5 Å². The van der Waals surface area contributed by atoms with E-state index in [1.54, 1.807) is 40.0 Å². The summed E-state index contributed by atoms with van der Waals surface area (Å²) in [6.07, 6.45) is 3.36. The molecule has 3 aromatic rings. The summed E-state index contributed by atoms with van der Waals surface area (Å²) < 4.78 is 3.28. The van der Waals surface area contributed by atoms with Gasteiger partial charge >= 0.3 is 0 Å². The normalized spacial score (nSPS) is 10.9. The van der Waals surface area contributed by atoms with Gasteiger partial charge in [-0.05, 0) is 30.7 Å². The molecule has 25 heavy (non-hydrogen) atoms. The first-order valence-electron chi connectivity index (χ1n) is 7.48. The first-order chi connectivity index (χ1) is 12.0. The zero-order chi connectivity index (χ0) is 18.0. The monoisotopic (exact) mass is 397 g/mol. The van der Waals surface area contributed by atoms with Crippen LogP contribution < -0.4 is 5.32 Å². The number of rotatable bonds is 5. The third-order valence-electron chi connectivity index (χ3n) is 3.47. The number of aromatic nitrogens is 4. The largest absolute Gasteiger partial charge is 0.302 e. The molecule has 1 N–H and O–H groups in total. The molecule has 0 radical (unpaired) electrons. The molecular weight excluding hydrogens is 385 g/mol. The van der Waals surface area contributed by atoms with Gasteiger partial charge in [-0.1, -0.05) is 40.9 Å². The molecule has 0 unspecified atom stereocenters. The molecule has 0 atom stereocenters. The lowest BCUT2D eigenvalue weighted by Gasteiger charge is -2.04. The predicted molar refractivity (Wildman–Crippen MR) is 98.7 cm³/mol. The Morgan fingerprint density at radius 1 is 1.08 bits per heavy atom. The van der Waals surface area contributed by atoms with E-state index in [4.69, 9.17) is 34.8 Å². The highest BCUT2D eigenvalue weighted by Gasteiger charge is 2.14. The van der Waals surface area contributed by atoms with Gasteiger partial charge in [0.1, 0.15) is 5.02 Å². The summed E-state index contributed by atoms with van der Waals surface area (Å²) in [4.78, 5) is 12.2. The molecule has 2 heterocycles. The Labute approximate surface area is 159 Å². The molecule has 2 aromatic heterocycles. The third kappa shape index (κ3) is 4.15. The minimum Gasteiger partial charge on any atom is -0.302 e. The fraction of sp³-hybridized carbons (Fsp3) is 0.188. The van der Waals surface area contributed by atoms with Crippen molar-refractivity contribution in [3.8, 4) is 0 Å². The molecule has 6 nitrogen and oxygen atoms in total. The Morgan fingerprint density at radius 3 is 2.56 bits per heavy atom. The van der Waals surface area contributed by atoms with Crippen molar-refractivity contribution < 1.29 is 4.79 Å². The van der Waals surface area contributed by atoms with Crippen LogP contribution >= 0.6 is 34.8 Å². The van der Waals surface area contributed by atoms with Crippen LogP contribution in [0.15, 0.2) is 36.7 Å². The Kier molecular flexibility index (Phi) is 5.32. The molecule has 0 saturated heterocycles. The summed E-state index contributed by atoms with van der Waals surface area (Å²) in [6.45, 7) is 3.07. The summed E-state index contributed by atoms with van der Waals surface area (Å²) in [5.41, 5.74) is 1.21. The number of hydrogen-bond donors (Lipinski definition) is 1. The Balaban J connectivity index is 1.73. The molecule has 1 aromatic carbocycles. The molecular formula is C16H14Cl3N5O. The number of anilines is 1. The third-order valence-corrected chi connectivity index (χ3v) is 4.49. The maximum Gasteiger partial charge on any atom is 0.277 e. The fourth-order valence-corrected chi connectivity index (χ4v) is 2.74. The Bertz CT molecular complexity index is 918. The van der Waals surface area contributed by atoms with E-state index in [9.17, 15) is 4.79 Å². The van der Waals surface area contributed by atoms with Gasteiger partial charge in [0.05, 0.1) is 16.6 Å². The number of benzene rings is 1. The summed E-state index contributed by atoms with van der Waals surface area (Å²) in [5, 5.41) is 12.4. The van der Waals surface area contributed by atoms with E-state index in [2.05, 4.69) is 15.5 Å². The SMILES string of the molecule is CCn1ccc(C(=O)Nc2nn(Cc3ccc(Cl)c(Cl)c3)cc2Cl)n1. The van der Waals surface area contributed by atoms with E-state index in [1.165, 1.54) is 0 Å². The maximum absolute atomic E-state index is 12.2. The summed E-state index contributed by atoms with van der Waals surface area (Å²) in [7, 11) is 0. The topological polar surface area (TPSA) is 64.7 Å². The van der Waals surface area contributed by atoms with Gasteiger partial charge in [0.2, 0.25) is 0 Å². The second kappa shape index (κ2) is 7.47. The van der Waals surface area contributed by atoms with Gasteiger partial charge in [-0.15, -0.1) is 0 Å². The summed E-state index contributed by atoms with van der Waals surface area (Å²) >= 11 is 18.1. The minimum atomic E-state index is -0.367. The summed E-state index contributed by atoms with van der Waals surface area (Å²) in [5.74, 6) is -0.0911. The molecule has 130 valence electrons. The molecule has 0 aliphatic rings. The number of aryl methyl sites for hydroxylation is 1. The fourth-order valence-electron chi connectivity index (χ4n) is 2.22. The highest BCUT2D eigenvalue weighted by atomic mass is 35.5. The lowest BCUT2D eigenvalue weighted by molar-refractivity contribution is 0.102. The number of hydrogen-bond acceptors (Lipinski definition) is 3. The quantitative estimate of drug-likeness (QED) is 0.694. The number of nitrogens with zero attached hydrogens (tertiary/aromatic N) is 4. The van der Waals surface area contributed by atoms with Gasteiger partial charge in [0.25, 0.3) is 5.91 Å². The zero-order valence-corrected chi connectivity index (χ0v) is 15.5. The second-order valence-corrected chi connectivity index (χ2v) is 6.50. The average Bonchev–Trinajstić information content (AvgIpc) is 3.18. The molecule has 0 aliphatic carbocycles.